The van der Waals surface area contributed by atoms with Crippen LogP contribution in [0.5, 0.6) is 11.5 Å². The second-order valence-corrected chi connectivity index (χ2v) is 6.13. The van der Waals surface area contributed by atoms with Crippen LogP contribution in [0.15, 0.2) is 47.5 Å². The van der Waals surface area contributed by atoms with Crippen LogP contribution >= 0.6 is 11.3 Å². The second kappa shape index (κ2) is 7.24. The number of hydrogen-bond donors (Lipinski definition) is 0. The lowest BCUT2D eigenvalue weighted by atomic mass is 10.2. The number of thiazole rings is 1. The average Bonchev–Trinajstić information content (AvgIpc) is 2.98. The van der Waals surface area contributed by atoms with Gasteiger partial charge >= 0.3 is 0 Å². The molecule has 1 amide bonds. The zero-order valence-corrected chi connectivity index (χ0v) is 14.7. The second-order valence-electron chi connectivity index (χ2n) is 5.13. The fourth-order valence-corrected chi connectivity index (χ4v) is 3.51. The Morgan fingerprint density at radius 2 is 2.04 bits per heavy atom. The number of carbonyl (C=O) groups excluding carboxylic acids is 1. The summed E-state index contributed by atoms with van der Waals surface area (Å²) < 4.78 is 13.3. The van der Waals surface area contributed by atoms with Crippen LogP contribution in [0.3, 0.4) is 0 Å². The van der Waals surface area contributed by atoms with Gasteiger partial charge in [-0.05, 0) is 30.3 Å². The summed E-state index contributed by atoms with van der Waals surface area (Å²) in [5, 5.41) is 0. The van der Waals surface area contributed by atoms with E-state index in [1.807, 2.05) is 28.8 Å². The van der Waals surface area contributed by atoms with Crippen LogP contribution in [0.1, 0.15) is 10.4 Å². The Morgan fingerprint density at radius 3 is 2.76 bits per heavy atom. The van der Waals surface area contributed by atoms with Crippen molar-refractivity contribution in [1.29, 1.82) is 0 Å². The summed E-state index contributed by atoms with van der Waals surface area (Å²) in [5.74, 6) is 3.21. The van der Waals surface area contributed by atoms with Crippen molar-refractivity contribution in [2.75, 3.05) is 14.2 Å². The number of terminal acetylenes is 1. The number of fused-ring (bicyclic) bond motifs is 1. The summed E-state index contributed by atoms with van der Waals surface area (Å²) in [6, 6.07) is 12.8. The zero-order chi connectivity index (χ0) is 17.8. The maximum atomic E-state index is 12.7. The van der Waals surface area contributed by atoms with Crippen LogP contribution in [-0.4, -0.2) is 24.7 Å². The number of hydrogen-bond acceptors (Lipinski definition) is 4. The molecule has 0 aliphatic heterocycles. The Balaban J connectivity index is 2.15. The molecule has 0 radical (unpaired) electrons. The number of rotatable bonds is 4. The molecule has 0 aliphatic rings. The van der Waals surface area contributed by atoms with E-state index in [0.29, 0.717) is 28.4 Å². The van der Waals surface area contributed by atoms with Gasteiger partial charge in [-0.1, -0.05) is 29.4 Å². The van der Waals surface area contributed by atoms with Gasteiger partial charge in [0.1, 0.15) is 11.5 Å². The Bertz CT molecular complexity index is 1040. The normalized spacial score (nSPS) is 11.3. The molecule has 25 heavy (non-hydrogen) atoms. The maximum Gasteiger partial charge on any atom is 0.283 e. The molecule has 3 rings (SSSR count). The third-order valence-electron chi connectivity index (χ3n) is 3.67. The number of amides is 1. The lowest BCUT2D eigenvalue weighted by molar-refractivity contribution is 0.0994. The third-order valence-corrected chi connectivity index (χ3v) is 4.73. The fourth-order valence-electron chi connectivity index (χ4n) is 2.48. The highest BCUT2D eigenvalue weighted by atomic mass is 32.1. The largest absolute Gasteiger partial charge is 0.497 e. The molecule has 2 aromatic carbocycles. The number of carbonyl (C=O) groups is 1. The van der Waals surface area contributed by atoms with Crippen molar-refractivity contribution in [3.05, 3.63) is 52.8 Å². The molecular weight excluding hydrogens is 336 g/mol. The van der Waals surface area contributed by atoms with E-state index in [9.17, 15) is 4.79 Å². The van der Waals surface area contributed by atoms with Crippen LogP contribution in [0.2, 0.25) is 0 Å². The standard InChI is InChI=1S/C19H16N2O3S/c1-4-11-21-15-7-5-6-8-17(15)25-19(21)20-18(22)14-12-13(23-2)9-10-16(14)24-3/h1,5-10,12H,11H2,2-3H3. The Kier molecular flexibility index (Phi) is 4.87. The Hall–Kier alpha value is -3.04. The van der Waals surface area contributed by atoms with Crippen LogP contribution in [0, 0.1) is 12.3 Å². The van der Waals surface area contributed by atoms with Crippen LogP contribution < -0.4 is 14.3 Å². The van der Waals surface area contributed by atoms with Gasteiger partial charge in [-0.15, -0.1) is 6.42 Å². The minimum Gasteiger partial charge on any atom is -0.497 e. The molecule has 1 heterocycles. The first kappa shape index (κ1) is 16.8. The van der Waals surface area contributed by atoms with E-state index in [2.05, 4.69) is 10.9 Å². The van der Waals surface area contributed by atoms with Gasteiger partial charge in [-0.25, -0.2) is 0 Å². The molecule has 5 nitrogen and oxygen atoms in total. The molecule has 0 bridgehead atoms. The van der Waals surface area contributed by atoms with Gasteiger partial charge in [0.05, 0.1) is 36.5 Å². The van der Waals surface area contributed by atoms with Crippen molar-refractivity contribution in [3.63, 3.8) is 0 Å². The monoisotopic (exact) mass is 352 g/mol. The molecular formula is C19H16N2O3S. The summed E-state index contributed by atoms with van der Waals surface area (Å²) >= 11 is 1.42. The van der Waals surface area contributed by atoms with Crippen molar-refractivity contribution in [1.82, 2.24) is 4.57 Å². The summed E-state index contributed by atoms with van der Waals surface area (Å²) in [6.45, 7) is 0.339. The van der Waals surface area contributed by atoms with Crippen LogP contribution in [-0.2, 0) is 6.54 Å². The molecule has 6 heteroatoms. The highest BCUT2D eigenvalue weighted by molar-refractivity contribution is 7.16. The summed E-state index contributed by atoms with van der Waals surface area (Å²) in [4.78, 5) is 17.6. The van der Waals surface area contributed by atoms with E-state index < -0.39 is 5.91 Å². The molecule has 0 unspecified atom stereocenters. The van der Waals surface area contributed by atoms with Gasteiger partial charge in [0.25, 0.3) is 5.91 Å². The van der Waals surface area contributed by atoms with E-state index in [0.717, 1.165) is 10.2 Å². The van der Waals surface area contributed by atoms with E-state index in [-0.39, 0.29) is 0 Å². The molecule has 1 aromatic heterocycles. The van der Waals surface area contributed by atoms with Gasteiger partial charge in [0.2, 0.25) is 0 Å². The average molecular weight is 352 g/mol. The number of aromatic nitrogens is 1. The smallest absolute Gasteiger partial charge is 0.283 e. The number of methoxy groups -OCH3 is 2. The van der Waals surface area contributed by atoms with Crippen molar-refractivity contribution >= 4 is 27.5 Å². The molecule has 0 fully saturated rings. The first-order valence-corrected chi connectivity index (χ1v) is 8.32. The SMILES string of the molecule is C#CCn1c(=NC(=O)c2cc(OC)ccc2OC)sc2ccccc21. The third kappa shape index (κ3) is 3.28. The number of ether oxygens (including phenoxy) is 2. The fraction of sp³-hybridized carbons (Fsp3) is 0.158. The van der Waals surface area contributed by atoms with Gasteiger partial charge in [0.15, 0.2) is 4.80 Å². The zero-order valence-electron chi connectivity index (χ0n) is 13.9. The number of benzene rings is 2. The van der Waals surface area contributed by atoms with E-state index in [1.165, 1.54) is 18.4 Å². The number of para-hydroxylation sites is 1. The highest BCUT2D eigenvalue weighted by Crippen LogP contribution is 2.25. The number of nitrogens with zero attached hydrogens (tertiary/aromatic N) is 2. The maximum absolute atomic E-state index is 12.7. The van der Waals surface area contributed by atoms with E-state index >= 15 is 0 Å². The molecule has 0 aliphatic carbocycles. The molecule has 126 valence electrons. The van der Waals surface area contributed by atoms with Gasteiger partial charge in [0, 0.05) is 0 Å². The predicted molar refractivity (Wildman–Crippen MR) is 98.1 cm³/mol. The highest BCUT2D eigenvalue weighted by Gasteiger charge is 2.14. The van der Waals surface area contributed by atoms with Gasteiger partial charge in [-0.3, -0.25) is 4.79 Å². The Morgan fingerprint density at radius 1 is 1.24 bits per heavy atom. The lowest BCUT2D eigenvalue weighted by Gasteiger charge is -2.07. The van der Waals surface area contributed by atoms with Crippen LogP contribution in [0.25, 0.3) is 10.2 Å². The summed E-state index contributed by atoms with van der Waals surface area (Å²) in [7, 11) is 3.05. The van der Waals surface area contributed by atoms with Crippen molar-refractivity contribution < 1.29 is 14.3 Å². The van der Waals surface area contributed by atoms with Crippen molar-refractivity contribution in [3.8, 4) is 23.8 Å². The van der Waals surface area contributed by atoms with Crippen LogP contribution in [0.4, 0.5) is 0 Å². The first-order valence-electron chi connectivity index (χ1n) is 7.51. The quantitative estimate of drug-likeness (QED) is 0.678. The molecule has 0 saturated carbocycles. The summed E-state index contributed by atoms with van der Waals surface area (Å²) in [5.41, 5.74) is 1.29. The molecule has 0 N–H and O–H groups in total. The molecule has 0 atom stereocenters. The van der Waals surface area contributed by atoms with Gasteiger partial charge in [-0.2, -0.15) is 4.99 Å². The predicted octanol–water partition coefficient (Wildman–Crippen LogP) is 3.09. The van der Waals surface area contributed by atoms with Gasteiger partial charge < -0.3 is 14.0 Å². The Labute approximate surface area is 149 Å². The van der Waals surface area contributed by atoms with E-state index in [4.69, 9.17) is 15.9 Å². The molecule has 0 saturated heterocycles. The molecule has 0 spiro atoms. The summed E-state index contributed by atoms with van der Waals surface area (Å²) in [6.07, 6.45) is 5.48. The van der Waals surface area contributed by atoms with Crippen molar-refractivity contribution in [2.45, 2.75) is 6.54 Å². The first-order chi connectivity index (χ1) is 12.2. The lowest BCUT2D eigenvalue weighted by Crippen LogP contribution is -2.16. The van der Waals surface area contributed by atoms with Crippen molar-refractivity contribution in [2.24, 2.45) is 4.99 Å². The minimum absolute atomic E-state index is 0.339. The van der Waals surface area contributed by atoms with E-state index in [1.54, 1.807) is 25.3 Å². The minimum atomic E-state index is -0.409. The molecule has 3 aromatic rings. The topological polar surface area (TPSA) is 52.8 Å².